The molecule has 5 heteroatoms. The number of ether oxygens (including phenoxy) is 1. The lowest BCUT2D eigenvalue weighted by Gasteiger charge is -2.15. The van der Waals surface area contributed by atoms with Crippen LogP contribution in [0.1, 0.15) is 6.42 Å². The molecule has 1 unspecified atom stereocenters. The van der Waals surface area contributed by atoms with Gasteiger partial charge in [0.1, 0.15) is 0 Å². The predicted molar refractivity (Wildman–Crippen MR) is 62.4 cm³/mol. The molecule has 0 spiro atoms. The molecule has 14 heavy (non-hydrogen) atoms. The van der Waals surface area contributed by atoms with Gasteiger partial charge in [0.15, 0.2) is 0 Å². The van der Waals surface area contributed by atoms with Crippen LogP contribution in [0.2, 0.25) is 0 Å². The average Bonchev–Trinajstić information content (AvgIpc) is 2.67. The molecule has 0 N–H and O–H groups in total. The maximum Gasteiger partial charge on any atom is 0.225 e. The Kier molecular flexibility index (Phi) is 3.17. The number of halogens is 1. The van der Waals surface area contributed by atoms with Gasteiger partial charge in [-0.3, -0.25) is 0 Å². The maximum atomic E-state index is 5.29. The Balaban J connectivity index is 2.06. The highest BCUT2D eigenvalue weighted by molar-refractivity contribution is 14.1. The van der Waals surface area contributed by atoms with E-state index in [1.807, 2.05) is 12.4 Å². The number of nitrogens with zero attached hydrogens (tertiary/aromatic N) is 3. The number of rotatable bonds is 2. The van der Waals surface area contributed by atoms with Crippen LogP contribution in [-0.2, 0) is 4.74 Å². The number of methoxy groups -OCH3 is 1. The zero-order valence-electron chi connectivity index (χ0n) is 7.98. The van der Waals surface area contributed by atoms with Gasteiger partial charge in [0.2, 0.25) is 5.95 Å². The zero-order valence-corrected chi connectivity index (χ0v) is 10.1. The van der Waals surface area contributed by atoms with E-state index in [1.165, 1.54) is 0 Å². The third-order valence-electron chi connectivity index (χ3n) is 2.37. The molecule has 1 fully saturated rings. The van der Waals surface area contributed by atoms with Gasteiger partial charge in [-0.1, -0.05) is 0 Å². The molecule has 4 nitrogen and oxygen atoms in total. The Labute approximate surface area is 96.8 Å². The van der Waals surface area contributed by atoms with Gasteiger partial charge < -0.3 is 9.64 Å². The fourth-order valence-corrected chi connectivity index (χ4v) is 1.85. The van der Waals surface area contributed by atoms with Crippen LogP contribution in [0, 0.1) is 3.57 Å². The van der Waals surface area contributed by atoms with Crippen LogP contribution in [0.25, 0.3) is 0 Å². The molecule has 2 heterocycles. The van der Waals surface area contributed by atoms with Crippen LogP contribution < -0.4 is 4.90 Å². The molecular weight excluding hydrogens is 293 g/mol. The normalized spacial score (nSPS) is 21.6. The second kappa shape index (κ2) is 4.39. The van der Waals surface area contributed by atoms with Crippen molar-refractivity contribution in [3.05, 3.63) is 16.0 Å². The van der Waals surface area contributed by atoms with E-state index >= 15 is 0 Å². The third kappa shape index (κ3) is 2.14. The number of anilines is 1. The summed E-state index contributed by atoms with van der Waals surface area (Å²) in [6, 6.07) is 0. The minimum atomic E-state index is 0.331. The molecule has 2 rings (SSSR count). The lowest BCUT2D eigenvalue weighted by Crippen LogP contribution is -2.24. The standard InChI is InChI=1S/C9H12IN3O/c1-14-8-2-3-13(6-8)9-11-4-7(10)5-12-9/h4-5,8H,2-3,6H2,1H3. The van der Waals surface area contributed by atoms with E-state index in [2.05, 4.69) is 37.5 Å². The summed E-state index contributed by atoms with van der Waals surface area (Å²) in [6.45, 7) is 1.89. The first-order chi connectivity index (χ1) is 6.79. The van der Waals surface area contributed by atoms with E-state index in [0.717, 1.165) is 29.0 Å². The van der Waals surface area contributed by atoms with Gasteiger partial charge in [0.25, 0.3) is 0 Å². The van der Waals surface area contributed by atoms with Crippen molar-refractivity contribution in [2.24, 2.45) is 0 Å². The zero-order chi connectivity index (χ0) is 9.97. The van der Waals surface area contributed by atoms with Crippen molar-refractivity contribution in [2.75, 3.05) is 25.1 Å². The fourth-order valence-electron chi connectivity index (χ4n) is 1.57. The molecule has 0 bridgehead atoms. The quantitative estimate of drug-likeness (QED) is 0.772. The van der Waals surface area contributed by atoms with Gasteiger partial charge in [-0.2, -0.15) is 0 Å². The van der Waals surface area contributed by atoms with Crippen LogP contribution in [0.5, 0.6) is 0 Å². The fraction of sp³-hybridized carbons (Fsp3) is 0.556. The van der Waals surface area contributed by atoms with Crippen molar-refractivity contribution in [1.82, 2.24) is 9.97 Å². The Morgan fingerprint density at radius 3 is 2.79 bits per heavy atom. The van der Waals surface area contributed by atoms with Crippen molar-refractivity contribution in [2.45, 2.75) is 12.5 Å². The average molecular weight is 305 g/mol. The van der Waals surface area contributed by atoms with Crippen molar-refractivity contribution < 1.29 is 4.74 Å². The molecular formula is C9H12IN3O. The van der Waals surface area contributed by atoms with E-state index in [9.17, 15) is 0 Å². The highest BCUT2D eigenvalue weighted by atomic mass is 127. The molecule has 1 aromatic rings. The second-order valence-corrected chi connectivity index (χ2v) is 4.54. The Bertz CT molecular complexity index is 303. The van der Waals surface area contributed by atoms with Crippen LogP contribution in [0.15, 0.2) is 12.4 Å². The molecule has 1 saturated heterocycles. The third-order valence-corrected chi connectivity index (χ3v) is 2.92. The van der Waals surface area contributed by atoms with Crippen molar-refractivity contribution in [3.8, 4) is 0 Å². The highest BCUT2D eigenvalue weighted by Crippen LogP contribution is 2.17. The summed E-state index contributed by atoms with van der Waals surface area (Å²) in [5.74, 6) is 0.810. The molecule has 1 aliphatic heterocycles. The first kappa shape index (κ1) is 10.1. The van der Waals surface area contributed by atoms with E-state index in [4.69, 9.17) is 4.74 Å². The van der Waals surface area contributed by atoms with Gasteiger partial charge >= 0.3 is 0 Å². The summed E-state index contributed by atoms with van der Waals surface area (Å²) < 4.78 is 6.35. The molecule has 1 atom stereocenters. The largest absolute Gasteiger partial charge is 0.380 e. The molecule has 0 radical (unpaired) electrons. The summed E-state index contributed by atoms with van der Waals surface area (Å²) in [7, 11) is 1.75. The summed E-state index contributed by atoms with van der Waals surface area (Å²) in [6.07, 6.45) is 5.07. The van der Waals surface area contributed by atoms with Crippen LogP contribution in [0.3, 0.4) is 0 Å². The molecule has 1 aliphatic rings. The summed E-state index contributed by atoms with van der Waals surface area (Å²) in [5.41, 5.74) is 0. The second-order valence-electron chi connectivity index (χ2n) is 3.29. The van der Waals surface area contributed by atoms with Crippen molar-refractivity contribution in [1.29, 1.82) is 0 Å². The first-order valence-corrected chi connectivity index (χ1v) is 5.63. The summed E-state index contributed by atoms with van der Waals surface area (Å²) in [5, 5.41) is 0. The van der Waals surface area contributed by atoms with E-state index in [1.54, 1.807) is 7.11 Å². The molecule has 0 saturated carbocycles. The Morgan fingerprint density at radius 1 is 1.50 bits per heavy atom. The van der Waals surface area contributed by atoms with E-state index < -0.39 is 0 Å². The van der Waals surface area contributed by atoms with E-state index in [-0.39, 0.29) is 0 Å². The first-order valence-electron chi connectivity index (χ1n) is 4.55. The van der Waals surface area contributed by atoms with Gasteiger partial charge in [-0.25, -0.2) is 9.97 Å². The highest BCUT2D eigenvalue weighted by Gasteiger charge is 2.23. The summed E-state index contributed by atoms with van der Waals surface area (Å²) in [4.78, 5) is 10.7. The van der Waals surface area contributed by atoms with Gasteiger partial charge in [0.05, 0.1) is 6.10 Å². The molecule has 0 aliphatic carbocycles. The lowest BCUT2D eigenvalue weighted by molar-refractivity contribution is 0.121. The number of aromatic nitrogens is 2. The monoisotopic (exact) mass is 305 g/mol. The van der Waals surface area contributed by atoms with Gasteiger partial charge in [-0.05, 0) is 29.0 Å². The topological polar surface area (TPSA) is 38.2 Å². The van der Waals surface area contributed by atoms with Crippen molar-refractivity contribution in [3.63, 3.8) is 0 Å². The number of hydrogen-bond acceptors (Lipinski definition) is 4. The minimum absolute atomic E-state index is 0.331. The maximum absolute atomic E-state index is 5.29. The Hall–Kier alpha value is -0.430. The SMILES string of the molecule is COC1CCN(c2ncc(I)cn2)C1. The van der Waals surface area contributed by atoms with Gasteiger partial charge in [-0.15, -0.1) is 0 Å². The van der Waals surface area contributed by atoms with Crippen molar-refractivity contribution >= 4 is 28.5 Å². The van der Waals surface area contributed by atoms with Crippen LogP contribution >= 0.6 is 22.6 Å². The number of hydrogen-bond donors (Lipinski definition) is 0. The van der Waals surface area contributed by atoms with Gasteiger partial charge in [0, 0.05) is 36.2 Å². The molecule has 76 valence electrons. The molecule has 0 aromatic carbocycles. The van der Waals surface area contributed by atoms with Crippen LogP contribution in [0.4, 0.5) is 5.95 Å². The molecule has 1 aromatic heterocycles. The molecule has 0 amide bonds. The Morgan fingerprint density at radius 2 is 2.21 bits per heavy atom. The minimum Gasteiger partial charge on any atom is -0.380 e. The van der Waals surface area contributed by atoms with E-state index in [0.29, 0.717) is 6.10 Å². The smallest absolute Gasteiger partial charge is 0.225 e. The lowest BCUT2D eigenvalue weighted by atomic mass is 10.3. The predicted octanol–water partition coefficient (Wildman–Crippen LogP) is 1.31. The summed E-state index contributed by atoms with van der Waals surface area (Å²) >= 11 is 2.20. The van der Waals surface area contributed by atoms with Crippen LogP contribution in [-0.4, -0.2) is 36.3 Å².